The van der Waals surface area contributed by atoms with Gasteiger partial charge < -0.3 is 5.11 Å². The lowest BCUT2D eigenvalue weighted by Crippen LogP contribution is -2.26. The van der Waals surface area contributed by atoms with E-state index in [9.17, 15) is 5.11 Å². The lowest BCUT2D eigenvalue weighted by Gasteiger charge is -2.23. The minimum atomic E-state index is -0.556. The molecule has 1 aromatic rings. The van der Waals surface area contributed by atoms with Crippen molar-refractivity contribution in [2.45, 2.75) is 116 Å². The first kappa shape index (κ1) is 22.2. The summed E-state index contributed by atoms with van der Waals surface area (Å²) in [6, 6.07) is 10.4. The Balaban J connectivity index is 1.89. The van der Waals surface area contributed by atoms with E-state index in [4.69, 9.17) is 0 Å². The number of hydrogen-bond donors (Lipinski definition) is 1. The maximum atomic E-state index is 10.5. The van der Waals surface area contributed by atoms with Gasteiger partial charge in [-0.1, -0.05) is 121 Å². The molecule has 0 heterocycles. The zero-order chi connectivity index (χ0) is 18.2. The van der Waals surface area contributed by atoms with Crippen molar-refractivity contribution in [3.8, 4) is 0 Å². The van der Waals surface area contributed by atoms with Crippen LogP contribution < -0.4 is 0 Å². The molecule has 0 spiro atoms. The molecule has 0 amide bonds. The molecule has 0 saturated heterocycles. The molecular weight excluding hydrogens is 304 g/mol. The zero-order valence-corrected chi connectivity index (χ0v) is 16.9. The number of benzene rings is 1. The summed E-state index contributed by atoms with van der Waals surface area (Å²) in [5.74, 6) is 0. The summed E-state index contributed by atoms with van der Waals surface area (Å²) in [5.41, 5.74) is 0.682. The van der Waals surface area contributed by atoms with Crippen LogP contribution in [0.4, 0.5) is 0 Å². The van der Waals surface area contributed by atoms with Crippen molar-refractivity contribution in [3.63, 3.8) is 0 Å². The van der Waals surface area contributed by atoms with E-state index in [0.29, 0.717) is 0 Å². The van der Waals surface area contributed by atoms with Gasteiger partial charge in [0.05, 0.1) is 5.60 Å². The molecule has 1 nitrogen and oxygen atoms in total. The second-order valence-corrected chi connectivity index (χ2v) is 8.15. The molecule has 1 N–H and O–H groups in total. The van der Waals surface area contributed by atoms with Gasteiger partial charge in [-0.05, 0) is 18.9 Å². The van der Waals surface area contributed by atoms with E-state index >= 15 is 0 Å². The van der Waals surface area contributed by atoms with Crippen LogP contribution in [0.25, 0.3) is 0 Å². The third kappa shape index (κ3) is 13.1. The number of rotatable bonds is 16. The van der Waals surface area contributed by atoms with Crippen molar-refractivity contribution in [1.82, 2.24) is 0 Å². The first-order valence-electron chi connectivity index (χ1n) is 10.9. The lowest BCUT2D eigenvalue weighted by molar-refractivity contribution is 0.0484. The SMILES string of the molecule is CCCCCCCCCCCCCCCC(C)(O)Cc1ccccc1. The maximum absolute atomic E-state index is 10.5. The molecule has 1 unspecified atom stereocenters. The third-order valence-corrected chi connectivity index (χ3v) is 5.25. The van der Waals surface area contributed by atoms with E-state index in [-0.39, 0.29) is 0 Å². The fraction of sp³-hybridized carbons (Fsp3) is 0.750. The molecule has 1 atom stereocenters. The molecule has 0 aromatic heterocycles. The number of unbranched alkanes of at least 4 members (excludes halogenated alkanes) is 12. The summed E-state index contributed by atoms with van der Waals surface area (Å²) in [7, 11) is 0. The van der Waals surface area contributed by atoms with Gasteiger partial charge in [0.2, 0.25) is 0 Å². The van der Waals surface area contributed by atoms with Crippen molar-refractivity contribution in [3.05, 3.63) is 35.9 Å². The predicted octanol–water partition coefficient (Wildman–Crippen LogP) is 7.46. The Kier molecular flexibility index (Phi) is 12.8. The fourth-order valence-electron chi connectivity index (χ4n) is 3.65. The topological polar surface area (TPSA) is 20.2 Å². The lowest BCUT2D eigenvalue weighted by atomic mass is 9.91. The normalized spacial score (nSPS) is 13.7. The molecule has 0 bridgehead atoms. The zero-order valence-electron chi connectivity index (χ0n) is 16.9. The van der Waals surface area contributed by atoms with E-state index in [0.717, 1.165) is 19.3 Å². The van der Waals surface area contributed by atoms with E-state index in [1.165, 1.54) is 82.6 Å². The van der Waals surface area contributed by atoms with E-state index in [1.807, 2.05) is 13.0 Å². The molecular formula is C24H42O. The van der Waals surface area contributed by atoms with Gasteiger partial charge in [-0.2, -0.15) is 0 Å². The van der Waals surface area contributed by atoms with E-state index in [1.54, 1.807) is 0 Å². The second-order valence-electron chi connectivity index (χ2n) is 8.15. The van der Waals surface area contributed by atoms with E-state index < -0.39 is 5.60 Å². The smallest absolute Gasteiger partial charge is 0.0660 e. The standard InChI is InChI=1S/C24H42O/c1-3-4-5-6-7-8-9-10-11-12-13-14-18-21-24(2,25)22-23-19-16-15-17-20-23/h15-17,19-20,25H,3-14,18,21-22H2,1-2H3. The summed E-state index contributed by atoms with van der Waals surface area (Å²) >= 11 is 0. The molecule has 0 radical (unpaired) electrons. The van der Waals surface area contributed by atoms with Crippen LogP contribution in [-0.4, -0.2) is 10.7 Å². The van der Waals surface area contributed by atoms with E-state index in [2.05, 4.69) is 31.2 Å². The Hall–Kier alpha value is -0.820. The highest BCUT2D eigenvalue weighted by molar-refractivity contribution is 5.16. The summed E-state index contributed by atoms with van der Waals surface area (Å²) in [4.78, 5) is 0. The Morgan fingerprint density at radius 1 is 0.680 bits per heavy atom. The third-order valence-electron chi connectivity index (χ3n) is 5.25. The van der Waals surface area contributed by atoms with Crippen LogP contribution in [0, 0.1) is 0 Å². The Bertz CT molecular complexity index is 396. The minimum Gasteiger partial charge on any atom is -0.390 e. The molecule has 1 heteroatoms. The highest BCUT2D eigenvalue weighted by Crippen LogP contribution is 2.21. The van der Waals surface area contributed by atoms with Gasteiger partial charge in [0.1, 0.15) is 0 Å². The van der Waals surface area contributed by atoms with Crippen LogP contribution in [0.2, 0.25) is 0 Å². The Morgan fingerprint density at radius 2 is 1.12 bits per heavy atom. The highest BCUT2D eigenvalue weighted by Gasteiger charge is 2.19. The number of aliphatic hydroxyl groups is 1. The monoisotopic (exact) mass is 346 g/mol. The summed E-state index contributed by atoms with van der Waals surface area (Å²) < 4.78 is 0. The van der Waals surface area contributed by atoms with Crippen molar-refractivity contribution < 1.29 is 5.11 Å². The van der Waals surface area contributed by atoms with Gasteiger partial charge in [-0.25, -0.2) is 0 Å². The summed E-state index contributed by atoms with van der Waals surface area (Å²) in [6.07, 6.45) is 19.6. The largest absolute Gasteiger partial charge is 0.390 e. The predicted molar refractivity (Wildman–Crippen MR) is 111 cm³/mol. The van der Waals surface area contributed by atoms with Crippen LogP contribution in [-0.2, 0) is 6.42 Å². The van der Waals surface area contributed by atoms with Crippen LogP contribution in [0.1, 0.15) is 109 Å². The molecule has 0 fully saturated rings. The van der Waals surface area contributed by atoms with Gasteiger partial charge in [-0.15, -0.1) is 0 Å². The average Bonchev–Trinajstić information content (AvgIpc) is 2.59. The molecule has 1 aromatic carbocycles. The molecule has 0 aliphatic rings. The first-order chi connectivity index (χ1) is 12.1. The van der Waals surface area contributed by atoms with Crippen molar-refractivity contribution in [1.29, 1.82) is 0 Å². The summed E-state index contributed by atoms with van der Waals surface area (Å²) in [6.45, 7) is 4.27. The molecule has 144 valence electrons. The minimum absolute atomic E-state index is 0.556. The quantitative estimate of drug-likeness (QED) is 0.308. The summed E-state index contributed by atoms with van der Waals surface area (Å²) in [5, 5.41) is 10.5. The first-order valence-corrected chi connectivity index (χ1v) is 10.9. The van der Waals surface area contributed by atoms with Crippen molar-refractivity contribution in [2.24, 2.45) is 0 Å². The molecule has 0 aliphatic heterocycles. The number of hydrogen-bond acceptors (Lipinski definition) is 1. The second kappa shape index (κ2) is 14.4. The Morgan fingerprint density at radius 3 is 1.60 bits per heavy atom. The van der Waals surface area contributed by atoms with Gasteiger partial charge in [0, 0.05) is 6.42 Å². The molecule has 25 heavy (non-hydrogen) atoms. The Labute approximate surface area is 157 Å². The van der Waals surface area contributed by atoms with Gasteiger partial charge >= 0.3 is 0 Å². The van der Waals surface area contributed by atoms with Crippen LogP contribution >= 0.6 is 0 Å². The molecule has 1 rings (SSSR count). The van der Waals surface area contributed by atoms with Crippen molar-refractivity contribution >= 4 is 0 Å². The van der Waals surface area contributed by atoms with Gasteiger partial charge in [0.25, 0.3) is 0 Å². The van der Waals surface area contributed by atoms with Gasteiger partial charge in [0.15, 0.2) is 0 Å². The average molecular weight is 347 g/mol. The maximum Gasteiger partial charge on any atom is 0.0660 e. The van der Waals surface area contributed by atoms with Crippen LogP contribution in [0.5, 0.6) is 0 Å². The van der Waals surface area contributed by atoms with Gasteiger partial charge in [-0.3, -0.25) is 0 Å². The van der Waals surface area contributed by atoms with Crippen molar-refractivity contribution in [2.75, 3.05) is 0 Å². The highest BCUT2D eigenvalue weighted by atomic mass is 16.3. The van der Waals surface area contributed by atoms with Crippen LogP contribution in [0.3, 0.4) is 0 Å². The molecule has 0 saturated carbocycles. The molecule has 0 aliphatic carbocycles. The fourth-order valence-corrected chi connectivity index (χ4v) is 3.65. The van der Waals surface area contributed by atoms with Crippen LogP contribution in [0.15, 0.2) is 30.3 Å².